The van der Waals surface area contributed by atoms with Gasteiger partial charge in [0.25, 0.3) is 5.91 Å². The molecule has 0 bridgehead atoms. The number of hydrogen-bond donors (Lipinski definition) is 2. The van der Waals surface area contributed by atoms with E-state index < -0.39 is 0 Å². The van der Waals surface area contributed by atoms with E-state index >= 15 is 0 Å². The summed E-state index contributed by atoms with van der Waals surface area (Å²) in [6.07, 6.45) is 0. The van der Waals surface area contributed by atoms with E-state index in [0.717, 1.165) is 22.2 Å². The number of nitrogens with zero attached hydrogens (tertiary/aromatic N) is 1. The Morgan fingerprint density at radius 1 is 0.938 bits per heavy atom. The van der Waals surface area contributed by atoms with Gasteiger partial charge in [-0.3, -0.25) is 4.79 Å². The Labute approximate surface area is 187 Å². The lowest BCUT2D eigenvalue weighted by molar-refractivity contribution is 0.0952. The number of fused-ring (bicyclic) bond motifs is 1. The second-order valence-corrected chi connectivity index (χ2v) is 7.43. The van der Waals surface area contributed by atoms with Gasteiger partial charge in [0.05, 0.1) is 31.0 Å². The lowest BCUT2D eigenvalue weighted by atomic mass is 10.1. The quantitative estimate of drug-likeness (QED) is 0.422. The topological polar surface area (TPSA) is 72.5 Å². The molecular weight excluding hydrogens is 402 g/mol. The molecule has 32 heavy (non-hydrogen) atoms. The summed E-state index contributed by atoms with van der Waals surface area (Å²) in [4.78, 5) is 17.8. The van der Waals surface area contributed by atoms with Crippen molar-refractivity contribution in [2.24, 2.45) is 0 Å². The van der Waals surface area contributed by atoms with Gasteiger partial charge in [0.2, 0.25) is 0 Å². The molecule has 0 atom stereocenters. The molecule has 0 aliphatic heterocycles. The third-order valence-corrected chi connectivity index (χ3v) is 5.21. The van der Waals surface area contributed by atoms with Crippen LogP contribution in [0.15, 0.2) is 72.8 Å². The van der Waals surface area contributed by atoms with Crippen LogP contribution in [0.5, 0.6) is 11.5 Å². The van der Waals surface area contributed by atoms with Gasteiger partial charge in [-0.25, -0.2) is 4.98 Å². The first-order chi connectivity index (χ1) is 15.6. The Bertz CT molecular complexity index is 1250. The summed E-state index contributed by atoms with van der Waals surface area (Å²) in [6, 6.07) is 22.9. The van der Waals surface area contributed by atoms with E-state index in [4.69, 9.17) is 9.47 Å². The third kappa shape index (κ3) is 4.64. The Kier molecular flexibility index (Phi) is 6.22. The first-order valence-electron chi connectivity index (χ1n) is 10.3. The van der Waals surface area contributed by atoms with E-state index in [1.54, 1.807) is 26.4 Å². The van der Waals surface area contributed by atoms with E-state index in [9.17, 15) is 4.79 Å². The summed E-state index contributed by atoms with van der Waals surface area (Å²) in [5.41, 5.74) is 4.23. The average Bonchev–Trinajstić information content (AvgIpc) is 2.83. The van der Waals surface area contributed by atoms with E-state index in [1.165, 1.54) is 5.56 Å². The van der Waals surface area contributed by atoms with Crippen LogP contribution in [0.3, 0.4) is 0 Å². The second kappa shape index (κ2) is 9.39. The summed E-state index contributed by atoms with van der Waals surface area (Å²) in [5.74, 6) is 1.70. The van der Waals surface area contributed by atoms with Gasteiger partial charge in [0.1, 0.15) is 17.3 Å². The molecule has 6 heteroatoms. The van der Waals surface area contributed by atoms with E-state index in [0.29, 0.717) is 29.4 Å². The number of anilines is 2. The number of pyridine rings is 1. The van der Waals surface area contributed by atoms with Crippen LogP contribution in [0.25, 0.3) is 10.9 Å². The molecule has 2 N–H and O–H groups in total. The standard InChI is InChI=1S/C26H25N3O3/c1-17-8-10-18(11-9-17)16-27-26(30)21-15-25(28-22-7-5-4-6-20(21)22)29-23-13-12-19(31-2)14-24(23)32-3/h4-15H,16H2,1-3H3,(H,27,30)(H,28,29). The molecule has 0 aliphatic carbocycles. The van der Waals surface area contributed by atoms with Crippen LogP contribution < -0.4 is 20.1 Å². The zero-order valence-corrected chi connectivity index (χ0v) is 18.3. The maximum Gasteiger partial charge on any atom is 0.252 e. The molecule has 0 saturated carbocycles. The Morgan fingerprint density at radius 3 is 2.47 bits per heavy atom. The highest BCUT2D eigenvalue weighted by atomic mass is 16.5. The molecule has 0 radical (unpaired) electrons. The smallest absolute Gasteiger partial charge is 0.252 e. The molecule has 0 spiro atoms. The molecule has 162 valence electrons. The van der Waals surface area contributed by atoms with Crippen LogP contribution in [0.2, 0.25) is 0 Å². The number of aryl methyl sites for hydroxylation is 1. The SMILES string of the molecule is COc1ccc(Nc2cc(C(=O)NCc3ccc(C)cc3)c3ccccc3n2)c(OC)c1. The molecule has 3 aromatic carbocycles. The molecule has 0 saturated heterocycles. The molecule has 0 aliphatic rings. The third-order valence-electron chi connectivity index (χ3n) is 5.21. The van der Waals surface area contributed by atoms with Gasteiger partial charge >= 0.3 is 0 Å². The number of carbonyl (C=O) groups is 1. The van der Waals surface area contributed by atoms with Crippen molar-refractivity contribution in [2.75, 3.05) is 19.5 Å². The molecule has 0 unspecified atom stereocenters. The van der Waals surface area contributed by atoms with Crippen molar-refractivity contribution in [1.82, 2.24) is 10.3 Å². The second-order valence-electron chi connectivity index (χ2n) is 7.43. The molecule has 6 nitrogen and oxygen atoms in total. The fraction of sp³-hybridized carbons (Fsp3) is 0.154. The van der Waals surface area contributed by atoms with Crippen LogP contribution in [-0.4, -0.2) is 25.1 Å². The van der Waals surface area contributed by atoms with Gasteiger partial charge in [-0.1, -0.05) is 48.0 Å². The zero-order valence-electron chi connectivity index (χ0n) is 18.3. The predicted octanol–water partition coefficient (Wildman–Crippen LogP) is 5.23. The highest BCUT2D eigenvalue weighted by Crippen LogP contribution is 2.32. The van der Waals surface area contributed by atoms with Gasteiger partial charge in [0.15, 0.2) is 0 Å². The molecular formula is C26H25N3O3. The van der Waals surface area contributed by atoms with Crippen molar-refractivity contribution in [3.05, 3.63) is 89.5 Å². The van der Waals surface area contributed by atoms with Crippen LogP contribution in [0, 0.1) is 6.92 Å². The maximum absolute atomic E-state index is 13.1. The monoisotopic (exact) mass is 427 g/mol. The minimum absolute atomic E-state index is 0.158. The Balaban J connectivity index is 1.64. The number of para-hydroxylation sites is 1. The molecule has 1 heterocycles. The van der Waals surface area contributed by atoms with Crippen LogP contribution in [-0.2, 0) is 6.54 Å². The lowest BCUT2D eigenvalue weighted by Gasteiger charge is -2.14. The largest absolute Gasteiger partial charge is 0.497 e. The predicted molar refractivity (Wildman–Crippen MR) is 127 cm³/mol. The molecule has 4 aromatic rings. The molecule has 1 aromatic heterocycles. The number of benzene rings is 3. The number of rotatable bonds is 7. The van der Waals surface area contributed by atoms with Crippen molar-refractivity contribution < 1.29 is 14.3 Å². The number of hydrogen-bond acceptors (Lipinski definition) is 5. The van der Waals surface area contributed by atoms with Gasteiger partial charge in [-0.05, 0) is 36.8 Å². The van der Waals surface area contributed by atoms with Gasteiger partial charge < -0.3 is 20.1 Å². The van der Waals surface area contributed by atoms with Crippen LogP contribution in [0.4, 0.5) is 11.5 Å². The molecule has 0 fully saturated rings. The van der Waals surface area contributed by atoms with Crippen molar-refractivity contribution in [1.29, 1.82) is 0 Å². The first-order valence-corrected chi connectivity index (χ1v) is 10.3. The number of nitrogens with one attached hydrogen (secondary N) is 2. The number of methoxy groups -OCH3 is 2. The fourth-order valence-corrected chi connectivity index (χ4v) is 3.45. The summed E-state index contributed by atoms with van der Waals surface area (Å²) >= 11 is 0. The van der Waals surface area contributed by atoms with Gasteiger partial charge in [-0.2, -0.15) is 0 Å². The minimum atomic E-state index is -0.158. The highest BCUT2D eigenvalue weighted by molar-refractivity contribution is 6.07. The number of carbonyl (C=O) groups excluding carboxylic acids is 1. The van der Waals surface area contributed by atoms with Crippen LogP contribution >= 0.6 is 0 Å². The van der Waals surface area contributed by atoms with Crippen molar-refractivity contribution in [2.45, 2.75) is 13.5 Å². The van der Waals surface area contributed by atoms with E-state index in [-0.39, 0.29) is 5.91 Å². The first kappa shape index (κ1) is 21.2. The van der Waals surface area contributed by atoms with Crippen molar-refractivity contribution in [3.8, 4) is 11.5 Å². The highest BCUT2D eigenvalue weighted by Gasteiger charge is 2.14. The average molecular weight is 428 g/mol. The van der Waals surface area contributed by atoms with Crippen LogP contribution in [0.1, 0.15) is 21.5 Å². The summed E-state index contributed by atoms with van der Waals surface area (Å²) in [6.45, 7) is 2.49. The molecule has 1 amide bonds. The summed E-state index contributed by atoms with van der Waals surface area (Å²) in [5, 5.41) is 7.08. The zero-order chi connectivity index (χ0) is 22.5. The number of amides is 1. The number of aromatic nitrogens is 1. The number of ether oxygens (including phenoxy) is 2. The normalized spacial score (nSPS) is 10.6. The molecule has 4 rings (SSSR count). The summed E-state index contributed by atoms with van der Waals surface area (Å²) < 4.78 is 10.7. The fourth-order valence-electron chi connectivity index (χ4n) is 3.45. The van der Waals surface area contributed by atoms with Crippen molar-refractivity contribution in [3.63, 3.8) is 0 Å². The minimum Gasteiger partial charge on any atom is -0.497 e. The Hall–Kier alpha value is -4.06. The van der Waals surface area contributed by atoms with Crippen molar-refractivity contribution >= 4 is 28.3 Å². The summed E-state index contributed by atoms with van der Waals surface area (Å²) in [7, 11) is 3.20. The Morgan fingerprint density at radius 2 is 1.72 bits per heavy atom. The maximum atomic E-state index is 13.1. The van der Waals surface area contributed by atoms with E-state index in [2.05, 4.69) is 15.6 Å². The van der Waals surface area contributed by atoms with Gasteiger partial charge in [0, 0.05) is 18.0 Å². The lowest BCUT2D eigenvalue weighted by Crippen LogP contribution is -2.23. The van der Waals surface area contributed by atoms with Gasteiger partial charge in [-0.15, -0.1) is 0 Å². The van der Waals surface area contributed by atoms with E-state index in [1.807, 2.05) is 67.6 Å².